The molecule has 4 rings (SSSR count). The molecule has 1 amide bonds. The van der Waals surface area contributed by atoms with Gasteiger partial charge in [-0.15, -0.1) is 0 Å². The summed E-state index contributed by atoms with van der Waals surface area (Å²) in [5, 5.41) is 0. The van der Waals surface area contributed by atoms with Crippen LogP contribution in [0.4, 0.5) is 11.4 Å². The molecular weight excluding hydrogens is 276 g/mol. The van der Waals surface area contributed by atoms with Crippen molar-refractivity contribution in [1.29, 1.82) is 0 Å². The number of ether oxygens (including phenoxy) is 1. The lowest BCUT2D eigenvalue weighted by Gasteiger charge is -2.41. The molecule has 0 bridgehead atoms. The Morgan fingerprint density at radius 2 is 1.91 bits per heavy atom. The number of carbonyl (C=O) groups is 1. The summed E-state index contributed by atoms with van der Waals surface area (Å²) in [4.78, 5) is 17.2. The van der Waals surface area contributed by atoms with Gasteiger partial charge >= 0.3 is 0 Å². The number of aryl methyl sites for hydroxylation is 1. The first-order valence-corrected chi connectivity index (χ1v) is 7.64. The summed E-state index contributed by atoms with van der Waals surface area (Å²) in [7, 11) is 0. The molecule has 0 aliphatic carbocycles. The standard InChI is InChI=1S/C18H18N2O2/c1-13-5-2-3-6-14(13)18(21)20-10-9-19-11-12-22-16-8-4-7-15(20)17(16)19/h2-8H,9-12H2,1H3. The summed E-state index contributed by atoms with van der Waals surface area (Å²) in [6.07, 6.45) is 0. The average molecular weight is 294 g/mol. The van der Waals surface area contributed by atoms with E-state index in [0.717, 1.165) is 41.3 Å². The van der Waals surface area contributed by atoms with E-state index < -0.39 is 0 Å². The fourth-order valence-corrected chi connectivity index (χ4v) is 3.27. The first-order chi connectivity index (χ1) is 10.8. The van der Waals surface area contributed by atoms with Gasteiger partial charge in [0.25, 0.3) is 5.91 Å². The van der Waals surface area contributed by atoms with Gasteiger partial charge in [-0.1, -0.05) is 24.3 Å². The van der Waals surface area contributed by atoms with Crippen molar-refractivity contribution in [3.63, 3.8) is 0 Å². The van der Waals surface area contributed by atoms with Crippen LogP contribution in [0, 0.1) is 6.92 Å². The Balaban J connectivity index is 1.78. The minimum absolute atomic E-state index is 0.0664. The predicted octanol–water partition coefficient (Wildman–Crippen LogP) is 2.85. The molecule has 0 N–H and O–H groups in total. The largest absolute Gasteiger partial charge is 0.489 e. The van der Waals surface area contributed by atoms with E-state index in [1.54, 1.807) is 0 Å². The Morgan fingerprint density at radius 1 is 1.05 bits per heavy atom. The van der Waals surface area contributed by atoms with Crippen LogP contribution in [0.15, 0.2) is 42.5 Å². The minimum Gasteiger partial charge on any atom is -0.489 e. The van der Waals surface area contributed by atoms with Crippen molar-refractivity contribution in [2.75, 3.05) is 36.0 Å². The van der Waals surface area contributed by atoms with Gasteiger partial charge in [-0.2, -0.15) is 0 Å². The van der Waals surface area contributed by atoms with Crippen LogP contribution in [-0.4, -0.2) is 32.1 Å². The van der Waals surface area contributed by atoms with Crippen LogP contribution in [-0.2, 0) is 0 Å². The third kappa shape index (κ3) is 1.95. The molecule has 2 aliphatic heterocycles. The van der Waals surface area contributed by atoms with Gasteiger partial charge in [0, 0.05) is 18.7 Å². The molecule has 2 aromatic rings. The Hall–Kier alpha value is -2.49. The SMILES string of the molecule is Cc1ccccc1C(=O)N1CCN2CCOc3cccc1c32. The molecule has 0 saturated heterocycles. The molecule has 4 nitrogen and oxygen atoms in total. The monoisotopic (exact) mass is 294 g/mol. The van der Waals surface area contributed by atoms with E-state index in [9.17, 15) is 4.79 Å². The number of carbonyl (C=O) groups excluding carboxylic acids is 1. The first-order valence-electron chi connectivity index (χ1n) is 7.64. The molecule has 0 unspecified atom stereocenters. The molecule has 22 heavy (non-hydrogen) atoms. The first kappa shape index (κ1) is 13.2. The van der Waals surface area contributed by atoms with Crippen molar-refractivity contribution in [1.82, 2.24) is 0 Å². The average Bonchev–Trinajstić information content (AvgIpc) is 2.56. The summed E-state index contributed by atoms with van der Waals surface area (Å²) in [6, 6.07) is 13.7. The summed E-state index contributed by atoms with van der Waals surface area (Å²) in [5.41, 5.74) is 3.79. The summed E-state index contributed by atoms with van der Waals surface area (Å²) >= 11 is 0. The lowest BCUT2D eigenvalue weighted by Crippen LogP contribution is -2.47. The molecule has 2 heterocycles. The van der Waals surface area contributed by atoms with Gasteiger partial charge in [0.15, 0.2) is 0 Å². The predicted molar refractivity (Wildman–Crippen MR) is 87.0 cm³/mol. The van der Waals surface area contributed by atoms with Gasteiger partial charge in [0.1, 0.15) is 18.0 Å². The Kier molecular flexibility index (Phi) is 3.03. The lowest BCUT2D eigenvalue weighted by atomic mass is 10.1. The number of para-hydroxylation sites is 1. The molecule has 4 heteroatoms. The highest BCUT2D eigenvalue weighted by molar-refractivity contribution is 6.09. The number of hydrogen-bond acceptors (Lipinski definition) is 3. The van der Waals surface area contributed by atoms with Crippen LogP contribution < -0.4 is 14.5 Å². The molecule has 112 valence electrons. The van der Waals surface area contributed by atoms with Crippen LogP contribution in [0.25, 0.3) is 0 Å². The van der Waals surface area contributed by atoms with Crippen molar-refractivity contribution >= 4 is 17.3 Å². The van der Waals surface area contributed by atoms with Gasteiger partial charge in [0.05, 0.1) is 12.2 Å². The number of rotatable bonds is 1. The van der Waals surface area contributed by atoms with E-state index >= 15 is 0 Å². The molecule has 0 saturated carbocycles. The van der Waals surface area contributed by atoms with Crippen LogP contribution in [0.5, 0.6) is 5.75 Å². The van der Waals surface area contributed by atoms with E-state index in [1.165, 1.54) is 0 Å². The van der Waals surface area contributed by atoms with Crippen LogP contribution in [0.1, 0.15) is 15.9 Å². The van der Waals surface area contributed by atoms with Gasteiger partial charge in [-0.25, -0.2) is 0 Å². The maximum Gasteiger partial charge on any atom is 0.258 e. The van der Waals surface area contributed by atoms with Gasteiger partial charge < -0.3 is 14.5 Å². The summed E-state index contributed by atoms with van der Waals surface area (Å²) < 4.78 is 5.75. The maximum atomic E-state index is 13.0. The highest BCUT2D eigenvalue weighted by atomic mass is 16.5. The highest BCUT2D eigenvalue weighted by Gasteiger charge is 2.32. The highest BCUT2D eigenvalue weighted by Crippen LogP contribution is 2.43. The van der Waals surface area contributed by atoms with Gasteiger partial charge in [-0.05, 0) is 30.7 Å². The second-order valence-corrected chi connectivity index (χ2v) is 5.73. The fraction of sp³-hybridized carbons (Fsp3) is 0.278. The maximum absolute atomic E-state index is 13.0. The van der Waals surface area contributed by atoms with E-state index in [2.05, 4.69) is 4.90 Å². The third-order valence-corrected chi connectivity index (χ3v) is 4.42. The number of benzene rings is 2. The molecule has 0 spiro atoms. The van der Waals surface area contributed by atoms with E-state index in [-0.39, 0.29) is 5.91 Å². The van der Waals surface area contributed by atoms with Gasteiger partial charge in [-0.3, -0.25) is 4.79 Å². The van der Waals surface area contributed by atoms with E-state index in [4.69, 9.17) is 4.74 Å². The van der Waals surface area contributed by atoms with Crippen LogP contribution in [0.2, 0.25) is 0 Å². The third-order valence-electron chi connectivity index (χ3n) is 4.42. The van der Waals surface area contributed by atoms with Crippen molar-refractivity contribution < 1.29 is 9.53 Å². The Morgan fingerprint density at radius 3 is 2.77 bits per heavy atom. The molecule has 0 aromatic heterocycles. The summed E-state index contributed by atoms with van der Waals surface area (Å²) in [6.45, 7) is 5.14. The molecule has 0 atom stereocenters. The van der Waals surface area contributed by atoms with Crippen molar-refractivity contribution in [2.45, 2.75) is 6.92 Å². The number of anilines is 2. The lowest BCUT2D eigenvalue weighted by molar-refractivity contribution is 0.0985. The Labute approximate surface area is 129 Å². The zero-order valence-electron chi connectivity index (χ0n) is 12.6. The zero-order valence-corrected chi connectivity index (χ0v) is 12.6. The molecule has 2 aromatic carbocycles. The normalized spacial score (nSPS) is 16.0. The van der Waals surface area contributed by atoms with Crippen molar-refractivity contribution in [3.8, 4) is 5.75 Å². The topological polar surface area (TPSA) is 32.8 Å². The number of amides is 1. The quantitative estimate of drug-likeness (QED) is 0.811. The fourth-order valence-electron chi connectivity index (χ4n) is 3.27. The second-order valence-electron chi connectivity index (χ2n) is 5.73. The van der Waals surface area contributed by atoms with Crippen LogP contribution >= 0.6 is 0 Å². The zero-order chi connectivity index (χ0) is 15.1. The second kappa shape index (κ2) is 5.05. The number of nitrogens with zero attached hydrogens (tertiary/aromatic N) is 2. The molecule has 0 fully saturated rings. The number of hydrogen-bond donors (Lipinski definition) is 0. The Bertz CT molecular complexity index is 742. The van der Waals surface area contributed by atoms with Crippen molar-refractivity contribution in [2.24, 2.45) is 0 Å². The van der Waals surface area contributed by atoms with Crippen LogP contribution in [0.3, 0.4) is 0 Å². The molecular formula is C18H18N2O2. The van der Waals surface area contributed by atoms with Gasteiger partial charge in [0.2, 0.25) is 0 Å². The minimum atomic E-state index is 0.0664. The van der Waals surface area contributed by atoms with E-state index in [0.29, 0.717) is 13.2 Å². The molecule has 2 aliphatic rings. The smallest absolute Gasteiger partial charge is 0.258 e. The van der Waals surface area contributed by atoms with E-state index in [1.807, 2.05) is 54.3 Å². The molecule has 0 radical (unpaired) electrons. The summed E-state index contributed by atoms with van der Waals surface area (Å²) in [5.74, 6) is 0.947. The van der Waals surface area contributed by atoms with Crippen molar-refractivity contribution in [3.05, 3.63) is 53.6 Å².